The molecule has 0 atom stereocenters. The molecule has 0 aliphatic rings. The van der Waals surface area contributed by atoms with Crippen molar-refractivity contribution in [2.75, 3.05) is 6.61 Å². The number of ether oxygens (including phenoxy) is 1. The summed E-state index contributed by atoms with van der Waals surface area (Å²) in [5, 5.41) is 4.28. The fraction of sp³-hybridized carbons (Fsp3) is 0.286. The SMILES string of the molecule is CCOC(=O)c1cc(-c2ccc(Br)cc2)n(CC)n1. The third kappa shape index (κ3) is 3.04. The van der Waals surface area contributed by atoms with Crippen LogP contribution in [0.15, 0.2) is 34.8 Å². The minimum absolute atomic E-state index is 0.349. The average molecular weight is 323 g/mol. The highest BCUT2D eigenvalue weighted by Crippen LogP contribution is 2.23. The Balaban J connectivity index is 2.39. The Kier molecular flexibility index (Phi) is 4.37. The molecule has 19 heavy (non-hydrogen) atoms. The van der Waals surface area contributed by atoms with Gasteiger partial charge in [-0.2, -0.15) is 5.10 Å². The first-order chi connectivity index (χ1) is 9.15. The van der Waals surface area contributed by atoms with Crippen molar-refractivity contribution in [3.63, 3.8) is 0 Å². The molecule has 0 radical (unpaired) electrons. The monoisotopic (exact) mass is 322 g/mol. The molecular weight excluding hydrogens is 308 g/mol. The summed E-state index contributed by atoms with van der Waals surface area (Å²) in [6.45, 7) is 4.82. The van der Waals surface area contributed by atoms with Gasteiger partial charge in [0.15, 0.2) is 5.69 Å². The molecule has 2 aromatic rings. The summed E-state index contributed by atoms with van der Waals surface area (Å²) in [6, 6.07) is 9.67. The average Bonchev–Trinajstić information content (AvgIpc) is 2.84. The van der Waals surface area contributed by atoms with Crippen molar-refractivity contribution in [2.45, 2.75) is 20.4 Å². The van der Waals surface area contributed by atoms with E-state index in [1.165, 1.54) is 0 Å². The number of carbonyl (C=O) groups excluding carboxylic acids is 1. The van der Waals surface area contributed by atoms with Gasteiger partial charge in [-0.15, -0.1) is 0 Å². The Morgan fingerprint density at radius 3 is 2.58 bits per heavy atom. The lowest BCUT2D eigenvalue weighted by Crippen LogP contribution is -2.06. The van der Waals surface area contributed by atoms with Crippen LogP contribution < -0.4 is 0 Å². The Morgan fingerprint density at radius 1 is 1.32 bits per heavy atom. The predicted octanol–water partition coefficient (Wildman–Crippen LogP) is 3.51. The van der Waals surface area contributed by atoms with E-state index in [1.54, 1.807) is 17.7 Å². The highest BCUT2D eigenvalue weighted by atomic mass is 79.9. The van der Waals surface area contributed by atoms with Gasteiger partial charge >= 0.3 is 5.97 Å². The molecule has 0 aliphatic carbocycles. The molecular formula is C14H15BrN2O2. The third-order valence-corrected chi connectivity index (χ3v) is 3.23. The van der Waals surface area contributed by atoms with Crippen LogP contribution in [0.25, 0.3) is 11.3 Å². The van der Waals surface area contributed by atoms with Gasteiger partial charge in [-0.1, -0.05) is 28.1 Å². The van der Waals surface area contributed by atoms with Gasteiger partial charge in [-0.25, -0.2) is 4.79 Å². The summed E-state index contributed by atoms with van der Waals surface area (Å²) >= 11 is 3.41. The topological polar surface area (TPSA) is 44.1 Å². The van der Waals surface area contributed by atoms with Crippen molar-refractivity contribution in [3.8, 4) is 11.3 Å². The minimum Gasteiger partial charge on any atom is -0.461 e. The molecule has 0 unspecified atom stereocenters. The first-order valence-electron chi connectivity index (χ1n) is 6.16. The molecule has 0 aliphatic heterocycles. The molecule has 0 spiro atoms. The Morgan fingerprint density at radius 2 is 2.00 bits per heavy atom. The van der Waals surface area contributed by atoms with Crippen LogP contribution in [0, 0.1) is 0 Å². The maximum absolute atomic E-state index is 11.7. The molecule has 5 heteroatoms. The normalized spacial score (nSPS) is 10.5. The summed E-state index contributed by atoms with van der Waals surface area (Å²) in [5.41, 5.74) is 2.28. The molecule has 0 N–H and O–H groups in total. The third-order valence-electron chi connectivity index (χ3n) is 2.70. The molecule has 0 saturated heterocycles. The van der Waals surface area contributed by atoms with Crippen molar-refractivity contribution in [1.29, 1.82) is 0 Å². The van der Waals surface area contributed by atoms with Crippen molar-refractivity contribution >= 4 is 21.9 Å². The van der Waals surface area contributed by atoms with Gasteiger partial charge in [-0.05, 0) is 37.6 Å². The second kappa shape index (κ2) is 6.02. The van der Waals surface area contributed by atoms with Crippen molar-refractivity contribution in [2.24, 2.45) is 0 Å². The maximum atomic E-state index is 11.7. The van der Waals surface area contributed by atoms with E-state index in [2.05, 4.69) is 21.0 Å². The molecule has 1 aromatic carbocycles. The second-order valence-electron chi connectivity index (χ2n) is 3.96. The van der Waals surface area contributed by atoms with E-state index >= 15 is 0 Å². The van der Waals surface area contributed by atoms with Crippen molar-refractivity contribution in [1.82, 2.24) is 9.78 Å². The number of aryl methyl sites for hydroxylation is 1. The minimum atomic E-state index is -0.381. The smallest absolute Gasteiger partial charge is 0.358 e. The van der Waals surface area contributed by atoms with Crippen molar-refractivity contribution in [3.05, 3.63) is 40.5 Å². The van der Waals surface area contributed by atoms with Crippen LogP contribution in [-0.2, 0) is 11.3 Å². The van der Waals surface area contributed by atoms with Crippen molar-refractivity contribution < 1.29 is 9.53 Å². The zero-order valence-corrected chi connectivity index (χ0v) is 12.5. The van der Waals surface area contributed by atoms with Gasteiger partial charge in [0.05, 0.1) is 12.3 Å². The number of hydrogen-bond donors (Lipinski definition) is 0. The number of carbonyl (C=O) groups is 1. The molecule has 0 saturated carbocycles. The van der Waals surface area contributed by atoms with Gasteiger partial charge in [0.25, 0.3) is 0 Å². The van der Waals surface area contributed by atoms with Crippen LogP contribution in [0.4, 0.5) is 0 Å². The zero-order chi connectivity index (χ0) is 13.8. The number of benzene rings is 1. The number of nitrogens with zero attached hydrogens (tertiary/aromatic N) is 2. The van der Waals surface area contributed by atoms with E-state index in [9.17, 15) is 4.79 Å². The van der Waals surface area contributed by atoms with Crippen LogP contribution in [0.3, 0.4) is 0 Å². The fourth-order valence-electron chi connectivity index (χ4n) is 1.82. The molecule has 1 aromatic heterocycles. The first kappa shape index (κ1) is 13.8. The molecule has 1 heterocycles. The van der Waals surface area contributed by atoms with Crippen LogP contribution in [0.5, 0.6) is 0 Å². The van der Waals surface area contributed by atoms with Gasteiger partial charge < -0.3 is 4.74 Å². The number of aromatic nitrogens is 2. The summed E-state index contributed by atoms with van der Waals surface area (Å²) in [4.78, 5) is 11.7. The maximum Gasteiger partial charge on any atom is 0.358 e. The zero-order valence-electron chi connectivity index (χ0n) is 10.9. The van der Waals surface area contributed by atoms with Gasteiger partial charge in [0.2, 0.25) is 0 Å². The lowest BCUT2D eigenvalue weighted by molar-refractivity contribution is 0.0518. The molecule has 100 valence electrons. The molecule has 2 rings (SSSR count). The fourth-order valence-corrected chi connectivity index (χ4v) is 2.08. The van der Waals surface area contributed by atoms with Crippen LogP contribution in [0.1, 0.15) is 24.3 Å². The second-order valence-corrected chi connectivity index (χ2v) is 4.87. The van der Waals surface area contributed by atoms with E-state index in [4.69, 9.17) is 4.74 Å². The standard InChI is InChI=1S/C14H15BrN2O2/c1-3-17-13(10-5-7-11(15)8-6-10)9-12(16-17)14(18)19-4-2/h5-9H,3-4H2,1-2H3. The van der Waals surface area contributed by atoms with Crippen LogP contribution in [-0.4, -0.2) is 22.4 Å². The van der Waals surface area contributed by atoms with E-state index in [1.807, 2.05) is 31.2 Å². The summed E-state index contributed by atoms with van der Waals surface area (Å²) in [7, 11) is 0. The lowest BCUT2D eigenvalue weighted by Gasteiger charge is -2.04. The Labute approximate surface area is 120 Å². The Bertz CT molecular complexity index is 576. The quantitative estimate of drug-likeness (QED) is 0.809. The van der Waals surface area contributed by atoms with E-state index < -0.39 is 0 Å². The largest absolute Gasteiger partial charge is 0.461 e. The number of rotatable bonds is 4. The molecule has 0 bridgehead atoms. The van der Waals surface area contributed by atoms with E-state index in [0.29, 0.717) is 18.8 Å². The summed E-state index contributed by atoms with van der Waals surface area (Å²) < 4.78 is 7.79. The van der Waals surface area contributed by atoms with Gasteiger partial charge in [0.1, 0.15) is 0 Å². The summed E-state index contributed by atoms with van der Waals surface area (Å²) in [5.74, 6) is -0.381. The van der Waals surface area contributed by atoms with Gasteiger partial charge in [-0.3, -0.25) is 4.68 Å². The molecule has 4 nitrogen and oxygen atoms in total. The highest BCUT2D eigenvalue weighted by molar-refractivity contribution is 9.10. The van der Waals surface area contributed by atoms with Gasteiger partial charge in [0, 0.05) is 11.0 Å². The molecule has 0 amide bonds. The number of halogens is 1. The van der Waals surface area contributed by atoms with E-state index in [-0.39, 0.29) is 5.97 Å². The van der Waals surface area contributed by atoms with Crippen LogP contribution in [0.2, 0.25) is 0 Å². The summed E-state index contributed by atoms with van der Waals surface area (Å²) in [6.07, 6.45) is 0. The lowest BCUT2D eigenvalue weighted by atomic mass is 10.1. The number of hydrogen-bond acceptors (Lipinski definition) is 3. The molecule has 0 fully saturated rings. The number of esters is 1. The van der Waals surface area contributed by atoms with Crippen LogP contribution >= 0.6 is 15.9 Å². The highest BCUT2D eigenvalue weighted by Gasteiger charge is 2.15. The first-order valence-corrected chi connectivity index (χ1v) is 6.96. The van der Waals surface area contributed by atoms with E-state index in [0.717, 1.165) is 15.7 Å². The predicted molar refractivity (Wildman–Crippen MR) is 77.0 cm³/mol. The Hall–Kier alpha value is -1.62.